The van der Waals surface area contributed by atoms with Crippen molar-refractivity contribution in [2.45, 2.75) is 27.2 Å². The molecular formula is C13H17Cl2F. The van der Waals surface area contributed by atoms with Crippen molar-refractivity contribution in [1.82, 2.24) is 0 Å². The van der Waals surface area contributed by atoms with Gasteiger partial charge in [-0.15, -0.1) is 11.6 Å². The lowest BCUT2D eigenvalue weighted by molar-refractivity contribution is 0.253. The summed E-state index contributed by atoms with van der Waals surface area (Å²) in [5.74, 6) is 0.710. The molecule has 1 rings (SSSR count). The van der Waals surface area contributed by atoms with Gasteiger partial charge in [0, 0.05) is 10.9 Å². The highest BCUT2D eigenvalue weighted by Gasteiger charge is 2.28. The van der Waals surface area contributed by atoms with Gasteiger partial charge in [-0.25, -0.2) is 4.39 Å². The highest BCUT2D eigenvalue weighted by atomic mass is 35.5. The van der Waals surface area contributed by atoms with E-state index in [1.807, 2.05) is 0 Å². The molecule has 1 aromatic rings. The van der Waals surface area contributed by atoms with Crippen LogP contribution in [0.4, 0.5) is 4.39 Å². The minimum absolute atomic E-state index is 0.0566. The molecule has 0 N–H and O–H groups in total. The fourth-order valence-corrected chi connectivity index (χ4v) is 2.11. The van der Waals surface area contributed by atoms with E-state index in [1.165, 1.54) is 12.1 Å². The van der Waals surface area contributed by atoms with E-state index >= 15 is 0 Å². The largest absolute Gasteiger partial charge is 0.207 e. The van der Waals surface area contributed by atoms with E-state index in [1.54, 1.807) is 6.07 Å². The van der Waals surface area contributed by atoms with Crippen LogP contribution in [0, 0.1) is 17.2 Å². The Hall–Kier alpha value is -0.270. The summed E-state index contributed by atoms with van der Waals surface area (Å²) in [4.78, 5) is 0. The van der Waals surface area contributed by atoms with E-state index in [9.17, 15) is 4.39 Å². The molecule has 0 aliphatic carbocycles. The third-order valence-corrected chi connectivity index (χ3v) is 4.28. The second-order valence-corrected chi connectivity index (χ2v) is 5.53. The van der Waals surface area contributed by atoms with Gasteiger partial charge in [-0.3, -0.25) is 0 Å². The van der Waals surface area contributed by atoms with Gasteiger partial charge in [0.1, 0.15) is 5.82 Å². The number of hydrogen-bond donors (Lipinski definition) is 0. The van der Waals surface area contributed by atoms with Gasteiger partial charge < -0.3 is 0 Å². The van der Waals surface area contributed by atoms with Gasteiger partial charge in [-0.05, 0) is 41.5 Å². The first-order valence-electron chi connectivity index (χ1n) is 5.39. The number of rotatable bonds is 4. The summed E-state index contributed by atoms with van der Waals surface area (Å²) in [5.41, 5.74) is 0.775. The quantitative estimate of drug-likeness (QED) is 0.676. The van der Waals surface area contributed by atoms with Crippen molar-refractivity contribution in [1.29, 1.82) is 0 Å². The third-order valence-electron chi connectivity index (χ3n) is 3.30. The molecular weight excluding hydrogens is 246 g/mol. The molecule has 90 valence electrons. The molecule has 3 heteroatoms. The zero-order valence-electron chi connectivity index (χ0n) is 9.86. The van der Waals surface area contributed by atoms with E-state index < -0.39 is 0 Å². The van der Waals surface area contributed by atoms with Crippen LogP contribution in [0.2, 0.25) is 5.02 Å². The van der Waals surface area contributed by atoms with Crippen molar-refractivity contribution in [2.24, 2.45) is 11.3 Å². The molecule has 0 bridgehead atoms. The molecule has 0 aliphatic heterocycles. The number of halogens is 3. The van der Waals surface area contributed by atoms with E-state index in [0.29, 0.717) is 23.2 Å². The van der Waals surface area contributed by atoms with Gasteiger partial charge >= 0.3 is 0 Å². The summed E-state index contributed by atoms with van der Waals surface area (Å²) in [5, 5.41) is 0.610. The maximum atomic E-state index is 13.1. The Labute approximate surface area is 107 Å². The average Bonchev–Trinajstić information content (AvgIpc) is 2.23. The van der Waals surface area contributed by atoms with Crippen LogP contribution in [-0.2, 0) is 6.42 Å². The predicted molar refractivity (Wildman–Crippen MR) is 68.8 cm³/mol. The highest BCUT2D eigenvalue weighted by Crippen LogP contribution is 2.34. The van der Waals surface area contributed by atoms with Crippen molar-refractivity contribution in [3.05, 3.63) is 34.6 Å². The maximum absolute atomic E-state index is 13.1. The Bertz CT molecular complexity index is 363. The van der Waals surface area contributed by atoms with E-state index in [2.05, 4.69) is 20.8 Å². The van der Waals surface area contributed by atoms with Crippen molar-refractivity contribution < 1.29 is 4.39 Å². The van der Waals surface area contributed by atoms with Crippen LogP contribution in [0.25, 0.3) is 0 Å². The summed E-state index contributed by atoms with van der Waals surface area (Å²) >= 11 is 12.1. The molecule has 1 atom stereocenters. The second kappa shape index (κ2) is 5.37. The number of hydrogen-bond acceptors (Lipinski definition) is 0. The van der Waals surface area contributed by atoms with Gasteiger partial charge in [-0.1, -0.05) is 32.4 Å². The molecule has 0 heterocycles. The summed E-state index contributed by atoms with van der Waals surface area (Å²) in [7, 11) is 0. The molecule has 0 saturated carbocycles. The van der Waals surface area contributed by atoms with Crippen LogP contribution < -0.4 is 0 Å². The fourth-order valence-electron chi connectivity index (χ4n) is 1.52. The molecule has 0 nitrogen and oxygen atoms in total. The van der Waals surface area contributed by atoms with Gasteiger partial charge in [0.2, 0.25) is 0 Å². The summed E-state index contributed by atoms with van der Waals surface area (Å²) in [6.45, 7) is 6.34. The number of alkyl halides is 1. The van der Waals surface area contributed by atoms with Gasteiger partial charge in [0.05, 0.1) is 0 Å². The normalized spacial score (nSPS) is 15.2. The lowest BCUT2D eigenvalue weighted by Gasteiger charge is -2.32. The Morgan fingerprint density at radius 2 is 2.00 bits per heavy atom. The molecule has 0 fully saturated rings. The summed E-state index contributed by atoms with van der Waals surface area (Å²) in [6, 6.07) is 4.47. The molecule has 16 heavy (non-hydrogen) atoms. The van der Waals surface area contributed by atoms with E-state index in [0.717, 1.165) is 5.56 Å². The zero-order valence-corrected chi connectivity index (χ0v) is 11.4. The van der Waals surface area contributed by atoms with Crippen molar-refractivity contribution in [3.63, 3.8) is 0 Å². The first-order chi connectivity index (χ1) is 7.39. The topological polar surface area (TPSA) is 0 Å². The summed E-state index contributed by atoms with van der Waals surface area (Å²) in [6.07, 6.45) is 0.699. The predicted octanol–water partition coefficient (Wildman–Crippen LogP) is 4.92. The van der Waals surface area contributed by atoms with Crippen LogP contribution in [-0.4, -0.2) is 5.88 Å². The molecule has 1 unspecified atom stereocenters. The lowest BCUT2D eigenvalue weighted by atomic mass is 9.76. The molecule has 0 spiro atoms. The van der Waals surface area contributed by atoms with Gasteiger partial charge in [-0.2, -0.15) is 0 Å². The smallest absolute Gasteiger partial charge is 0.123 e. The standard InChI is InChI=1S/C13H17Cl2F/c1-9(2)13(3,8-14)7-10-6-11(16)4-5-12(10)15/h4-6,9H,7-8H2,1-3H3. The van der Waals surface area contributed by atoms with Crippen LogP contribution in [0.5, 0.6) is 0 Å². The molecule has 0 amide bonds. The lowest BCUT2D eigenvalue weighted by Crippen LogP contribution is -2.28. The second-order valence-electron chi connectivity index (χ2n) is 4.85. The maximum Gasteiger partial charge on any atom is 0.123 e. The molecule has 0 aromatic heterocycles. The van der Waals surface area contributed by atoms with Crippen molar-refractivity contribution >= 4 is 23.2 Å². The van der Waals surface area contributed by atoms with Crippen LogP contribution >= 0.6 is 23.2 Å². The molecule has 1 aromatic carbocycles. The third kappa shape index (κ3) is 3.11. The Morgan fingerprint density at radius 1 is 1.38 bits per heavy atom. The molecule has 0 saturated heterocycles. The van der Waals surface area contributed by atoms with Crippen molar-refractivity contribution in [3.8, 4) is 0 Å². The minimum Gasteiger partial charge on any atom is -0.207 e. The van der Waals surface area contributed by atoms with Gasteiger partial charge in [0.15, 0.2) is 0 Å². The Kier molecular flexibility index (Phi) is 4.63. The average molecular weight is 263 g/mol. The SMILES string of the molecule is CC(C)C(C)(CCl)Cc1cc(F)ccc1Cl. The van der Waals surface area contributed by atoms with Gasteiger partial charge in [0.25, 0.3) is 0 Å². The summed E-state index contributed by atoms with van der Waals surface area (Å²) < 4.78 is 13.1. The first kappa shape index (κ1) is 13.8. The fraction of sp³-hybridized carbons (Fsp3) is 0.538. The molecule has 0 radical (unpaired) electrons. The Morgan fingerprint density at radius 3 is 2.50 bits per heavy atom. The first-order valence-corrected chi connectivity index (χ1v) is 6.30. The van der Waals surface area contributed by atoms with Crippen LogP contribution in [0.1, 0.15) is 26.3 Å². The highest BCUT2D eigenvalue weighted by molar-refractivity contribution is 6.31. The monoisotopic (exact) mass is 262 g/mol. The van der Waals surface area contributed by atoms with Crippen LogP contribution in [0.3, 0.4) is 0 Å². The van der Waals surface area contributed by atoms with Crippen molar-refractivity contribution in [2.75, 3.05) is 5.88 Å². The zero-order chi connectivity index (χ0) is 12.3. The number of benzene rings is 1. The van der Waals surface area contributed by atoms with E-state index in [-0.39, 0.29) is 11.2 Å². The van der Waals surface area contributed by atoms with E-state index in [4.69, 9.17) is 23.2 Å². The van der Waals surface area contributed by atoms with Crippen LogP contribution in [0.15, 0.2) is 18.2 Å². The molecule has 0 aliphatic rings. The Balaban J connectivity index is 2.98. The minimum atomic E-state index is -0.250.